The zero-order valence-corrected chi connectivity index (χ0v) is 17.6. The van der Waals surface area contributed by atoms with Gasteiger partial charge in [0.2, 0.25) is 5.91 Å². The van der Waals surface area contributed by atoms with Crippen LogP contribution in [0.2, 0.25) is 0 Å². The number of benzene rings is 1. The van der Waals surface area contributed by atoms with Gasteiger partial charge in [-0.05, 0) is 32.3 Å². The number of rotatable bonds is 6. The van der Waals surface area contributed by atoms with Crippen LogP contribution < -0.4 is 14.8 Å². The van der Waals surface area contributed by atoms with Gasteiger partial charge in [0, 0.05) is 16.9 Å². The average molecular weight is 393 g/mol. The Balaban J connectivity index is 1.94. The van der Waals surface area contributed by atoms with Crippen LogP contribution in [0.5, 0.6) is 11.5 Å². The third-order valence-corrected chi connectivity index (χ3v) is 6.70. The molecule has 0 bridgehead atoms. The van der Waals surface area contributed by atoms with Crippen LogP contribution in [0, 0.1) is 5.92 Å². The van der Waals surface area contributed by atoms with Gasteiger partial charge in [0.15, 0.2) is 11.5 Å². The minimum atomic E-state index is -0.532. The zero-order valence-electron chi connectivity index (χ0n) is 16.8. The van der Waals surface area contributed by atoms with E-state index in [1.807, 2.05) is 26.0 Å². The second-order valence-corrected chi connectivity index (χ2v) is 9.66. The largest absolute Gasteiger partial charge is 0.493 e. The SMILES string of the molecule is COc1ccc2c(c1OC)C(=O)N1[C@@H](C(=O)NCCC(C)C)C(C)(C)S[C@@H]21. The Labute approximate surface area is 165 Å². The van der Waals surface area contributed by atoms with Crippen molar-refractivity contribution in [2.45, 2.75) is 50.3 Å². The first-order valence-electron chi connectivity index (χ1n) is 9.26. The second-order valence-electron chi connectivity index (χ2n) is 7.93. The van der Waals surface area contributed by atoms with Gasteiger partial charge in [-0.1, -0.05) is 19.9 Å². The molecule has 2 amide bonds. The number of carbonyl (C=O) groups excluding carboxylic acids is 2. The number of amides is 2. The van der Waals surface area contributed by atoms with Crippen molar-refractivity contribution in [3.63, 3.8) is 0 Å². The Morgan fingerprint density at radius 2 is 2.00 bits per heavy atom. The van der Waals surface area contributed by atoms with Crippen molar-refractivity contribution in [2.75, 3.05) is 20.8 Å². The van der Waals surface area contributed by atoms with E-state index in [-0.39, 0.29) is 21.9 Å². The van der Waals surface area contributed by atoms with Gasteiger partial charge in [-0.15, -0.1) is 11.8 Å². The maximum absolute atomic E-state index is 13.3. The van der Waals surface area contributed by atoms with Gasteiger partial charge in [0.25, 0.3) is 5.91 Å². The molecule has 3 rings (SSSR count). The lowest BCUT2D eigenvalue weighted by Crippen LogP contribution is -2.52. The fraction of sp³-hybridized carbons (Fsp3) is 0.600. The van der Waals surface area contributed by atoms with E-state index in [1.54, 1.807) is 23.8 Å². The minimum absolute atomic E-state index is 0.0947. The quantitative estimate of drug-likeness (QED) is 0.805. The molecule has 2 heterocycles. The molecule has 2 aliphatic rings. The van der Waals surface area contributed by atoms with Crippen LogP contribution in [0.3, 0.4) is 0 Å². The van der Waals surface area contributed by atoms with E-state index in [0.29, 0.717) is 29.5 Å². The average Bonchev–Trinajstić information content (AvgIpc) is 3.03. The molecular weight excluding hydrogens is 364 g/mol. The Bertz CT molecular complexity index is 763. The lowest BCUT2D eigenvalue weighted by atomic mass is 10.0. The van der Waals surface area contributed by atoms with Crippen LogP contribution in [0.4, 0.5) is 0 Å². The van der Waals surface area contributed by atoms with Crippen molar-refractivity contribution in [3.8, 4) is 11.5 Å². The van der Waals surface area contributed by atoms with E-state index in [9.17, 15) is 9.59 Å². The standard InChI is InChI=1S/C20H28N2O4S/c1-11(2)9-10-21-17(23)16-20(3,4)27-19-12-7-8-13(25-5)15(26-6)14(12)18(24)22(16)19/h7-8,11,16,19H,9-10H2,1-6H3,(H,21,23)/t16-,19-/m0/s1. The molecule has 1 saturated heterocycles. The summed E-state index contributed by atoms with van der Waals surface area (Å²) in [6, 6.07) is 3.19. The third kappa shape index (κ3) is 3.26. The summed E-state index contributed by atoms with van der Waals surface area (Å²) in [5, 5.41) is 2.83. The van der Waals surface area contributed by atoms with Gasteiger partial charge in [0.05, 0.1) is 19.8 Å². The van der Waals surface area contributed by atoms with Crippen LogP contribution in [0.15, 0.2) is 12.1 Å². The number of methoxy groups -OCH3 is 2. The minimum Gasteiger partial charge on any atom is -0.493 e. The molecule has 0 radical (unpaired) electrons. The number of hydrogen-bond acceptors (Lipinski definition) is 5. The highest BCUT2D eigenvalue weighted by molar-refractivity contribution is 8.01. The molecule has 27 heavy (non-hydrogen) atoms. The van der Waals surface area contributed by atoms with E-state index in [1.165, 1.54) is 7.11 Å². The maximum Gasteiger partial charge on any atom is 0.260 e. The van der Waals surface area contributed by atoms with Gasteiger partial charge >= 0.3 is 0 Å². The van der Waals surface area contributed by atoms with Gasteiger partial charge in [0.1, 0.15) is 11.4 Å². The predicted octanol–water partition coefficient (Wildman–Crippen LogP) is 3.21. The molecule has 0 aromatic heterocycles. The topological polar surface area (TPSA) is 67.9 Å². The van der Waals surface area contributed by atoms with E-state index in [2.05, 4.69) is 19.2 Å². The van der Waals surface area contributed by atoms with Crippen LogP contribution in [0.1, 0.15) is 55.4 Å². The first-order valence-corrected chi connectivity index (χ1v) is 10.1. The summed E-state index contributed by atoms with van der Waals surface area (Å²) >= 11 is 1.64. The van der Waals surface area contributed by atoms with Gasteiger partial charge < -0.3 is 19.7 Å². The lowest BCUT2D eigenvalue weighted by Gasteiger charge is -2.29. The maximum atomic E-state index is 13.3. The zero-order chi connectivity index (χ0) is 19.9. The number of carbonyl (C=O) groups is 2. The summed E-state index contributed by atoms with van der Waals surface area (Å²) in [4.78, 5) is 28.0. The molecule has 6 nitrogen and oxygen atoms in total. The van der Waals surface area contributed by atoms with Crippen molar-refractivity contribution < 1.29 is 19.1 Å². The highest BCUT2D eigenvalue weighted by Crippen LogP contribution is 2.58. The van der Waals surface area contributed by atoms with Gasteiger partial charge in [-0.3, -0.25) is 9.59 Å². The number of hydrogen-bond donors (Lipinski definition) is 1. The number of ether oxygens (including phenoxy) is 2. The Morgan fingerprint density at radius 3 is 2.59 bits per heavy atom. The number of nitrogens with one attached hydrogen (secondary N) is 1. The van der Waals surface area contributed by atoms with Crippen LogP contribution in [-0.2, 0) is 4.79 Å². The normalized spacial score (nSPS) is 22.6. The number of thioether (sulfide) groups is 1. The summed E-state index contributed by atoms with van der Waals surface area (Å²) in [7, 11) is 3.08. The van der Waals surface area contributed by atoms with Crippen molar-refractivity contribution in [3.05, 3.63) is 23.3 Å². The smallest absolute Gasteiger partial charge is 0.260 e. The van der Waals surface area contributed by atoms with Crippen molar-refractivity contribution in [1.82, 2.24) is 10.2 Å². The molecule has 148 valence electrons. The Morgan fingerprint density at radius 1 is 1.30 bits per heavy atom. The van der Waals surface area contributed by atoms with Gasteiger partial charge in [-0.2, -0.15) is 0 Å². The summed E-state index contributed by atoms with van der Waals surface area (Å²) < 4.78 is 10.4. The van der Waals surface area contributed by atoms with Crippen LogP contribution >= 0.6 is 11.8 Å². The molecule has 1 fully saturated rings. The number of fused-ring (bicyclic) bond motifs is 3. The predicted molar refractivity (Wildman–Crippen MR) is 106 cm³/mol. The van der Waals surface area contributed by atoms with E-state index in [4.69, 9.17) is 9.47 Å². The van der Waals surface area contributed by atoms with E-state index in [0.717, 1.165) is 12.0 Å². The first kappa shape index (κ1) is 19.9. The fourth-order valence-corrected chi connectivity index (χ4v) is 5.42. The highest BCUT2D eigenvalue weighted by atomic mass is 32.2. The molecule has 2 aliphatic heterocycles. The molecule has 1 aromatic rings. The first-order chi connectivity index (χ1) is 12.7. The number of nitrogens with zero attached hydrogens (tertiary/aromatic N) is 1. The summed E-state index contributed by atoms with van der Waals surface area (Å²) in [5.41, 5.74) is 1.39. The molecular formula is C20H28N2O4S. The monoisotopic (exact) mass is 392 g/mol. The molecule has 0 aliphatic carbocycles. The summed E-state index contributed by atoms with van der Waals surface area (Å²) in [6.45, 7) is 8.91. The molecule has 1 aromatic carbocycles. The molecule has 0 unspecified atom stereocenters. The van der Waals surface area contributed by atoms with Crippen molar-refractivity contribution >= 4 is 23.6 Å². The van der Waals surface area contributed by atoms with E-state index < -0.39 is 6.04 Å². The molecule has 1 N–H and O–H groups in total. The summed E-state index contributed by atoms with van der Waals surface area (Å²) in [6.07, 6.45) is 0.911. The van der Waals surface area contributed by atoms with E-state index >= 15 is 0 Å². The van der Waals surface area contributed by atoms with Crippen LogP contribution in [-0.4, -0.2) is 48.3 Å². The summed E-state index contributed by atoms with van der Waals surface area (Å²) in [5.74, 6) is 1.20. The molecule has 0 saturated carbocycles. The lowest BCUT2D eigenvalue weighted by molar-refractivity contribution is -0.126. The highest BCUT2D eigenvalue weighted by Gasteiger charge is 2.58. The third-order valence-electron chi connectivity index (χ3n) is 5.17. The Kier molecular flexibility index (Phi) is 5.34. The Hall–Kier alpha value is -1.89. The second kappa shape index (κ2) is 7.26. The molecule has 0 spiro atoms. The molecule has 7 heteroatoms. The fourth-order valence-electron chi connectivity index (χ4n) is 3.84. The molecule has 2 atom stereocenters. The van der Waals surface area contributed by atoms with Crippen LogP contribution in [0.25, 0.3) is 0 Å². The van der Waals surface area contributed by atoms with Crippen molar-refractivity contribution in [1.29, 1.82) is 0 Å². The van der Waals surface area contributed by atoms with Crippen molar-refractivity contribution in [2.24, 2.45) is 5.92 Å². The van der Waals surface area contributed by atoms with Gasteiger partial charge in [-0.25, -0.2) is 0 Å².